The number of hydrogen-bond acceptors (Lipinski definition) is 4. The van der Waals surface area contributed by atoms with E-state index in [1.54, 1.807) is 0 Å². The molecule has 0 radical (unpaired) electrons. The minimum absolute atomic E-state index is 0.610. The highest BCUT2D eigenvalue weighted by Crippen LogP contribution is 2.29. The third-order valence-electron chi connectivity index (χ3n) is 2.89. The zero-order valence-electron chi connectivity index (χ0n) is 10.8. The molecule has 1 aliphatic rings. The van der Waals surface area contributed by atoms with E-state index in [0.717, 1.165) is 0 Å². The van der Waals surface area contributed by atoms with Gasteiger partial charge in [-0.1, -0.05) is 6.07 Å². The summed E-state index contributed by atoms with van der Waals surface area (Å²) in [6.07, 6.45) is 5.60. The quantitative estimate of drug-likeness (QED) is 0.803. The Morgan fingerprint density at radius 3 is 2.47 bits per heavy atom. The van der Waals surface area contributed by atoms with Gasteiger partial charge in [-0.3, -0.25) is 19.5 Å². The first-order chi connectivity index (χ1) is 9.00. The van der Waals surface area contributed by atoms with Gasteiger partial charge in [0.15, 0.2) is 0 Å². The van der Waals surface area contributed by atoms with E-state index >= 15 is 0 Å². The van der Waals surface area contributed by atoms with Crippen LogP contribution in [0.15, 0.2) is 24.5 Å². The van der Waals surface area contributed by atoms with Gasteiger partial charge in [-0.05, 0) is 38.1 Å². The molecule has 1 aliphatic heterocycles. The van der Waals surface area contributed by atoms with Crippen molar-refractivity contribution in [3.8, 4) is 0 Å². The largest absolute Gasteiger partial charge is 0.481 e. The number of rotatable bonds is 3. The van der Waals surface area contributed by atoms with Gasteiger partial charge in [0.2, 0.25) is 0 Å². The van der Waals surface area contributed by atoms with Crippen molar-refractivity contribution >= 4 is 11.9 Å². The zero-order valence-corrected chi connectivity index (χ0v) is 10.8. The summed E-state index contributed by atoms with van der Waals surface area (Å²) >= 11 is 0. The minimum Gasteiger partial charge on any atom is -0.481 e. The number of pyridine rings is 1. The number of hydrogen-bond donors (Lipinski definition) is 2. The van der Waals surface area contributed by atoms with Crippen molar-refractivity contribution in [2.45, 2.75) is 25.3 Å². The summed E-state index contributed by atoms with van der Waals surface area (Å²) in [4.78, 5) is 25.4. The van der Waals surface area contributed by atoms with E-state index in [0.29, 0.717) is 6.04 Å². The second-order valence-corrected chi connectivity index (χ2v) is 4.39. The second kappa shape index (κ2) is 7.48. The number of carbonyl (C=O) groups is 2. The Morgan fingerprint density at radius 2 is 2.11 bits per heavy atom. The first kappa shape index (κ1) is 15.1. The molecule has 0 spiro atoms. The van der Waals surface area contributed by atoms with Crippen molar-refractivity contribution in [1.82, 2.24) is 9.88 Å². The summed E-state index contributed by atoms with van der Waals surface area (Å²) in [6.45, 7) is 1.22. The van der Waals surface area contributed by atoms with Gasteiger partial charge in [0, 0.05) is 18.4 Å². The SMILES string of the molecule is CN1CCC[C@H]1c1cccnc1.O=C(O)CC(=O)O. The fourth-order valence-electron chi connectivity index (χ4n) is 2.03. The van der Waals surface area contributed by atoms with Crippen LogP contribution in [0, 0.1) is 0 Å². The highest BCUT2D eigenvalue weighted by atomic mass is 16.4. The molecule has 0 aromatic carbocycles. The number of likely N-dealkylation sites (tertiary alicyclic amines) is 1. The molecule has 0 saturated carbocycles. The van der Waals surface area contributed by atoms with Crippen molar-refractivity contribution < 1.29 is 19.8 Å². The number of aliphatic carboxylic acids is 2. The molecule has 1 saturated heterocycles. The fraction of sp³-hybridized carbons (Fsp3) is 0.462. The molecule has 1 atom stereocenters. The second-order valence-electron chi connectivity index (χ2n) is 4.39. The highest BCUT2D eigenvalue weighted by molar-refractivity contribution is 5.88. The highest BCUT2D eigenvalue weighted by Gasteiger charge is 2.21. The van der Waals surface area contributed by atoms with Crippen LogP contribution in [0.3, 0.4) is 0 Å². The molecule has 6 heteroatoms. The lowest BCUT2D eigenvalue weighted by atomic mass is 10.1. The van der Waals surface area contributed by atoms with E-state index in [-0.39, 0.29) is 0 Å². The number of aromatic nitrogens is 1. The van der Waals surface area contributed by atoms with Crippen molar-refractivity contribution in [2.24, 2.45) is 0 Å². The summed E-state index contributed by atoms with van der Waals surface area (Å²) in [5.74, 6) is -2.62. The van der Waals surface area contributed by atoms with E-state index < -0.39 is 18.4 Å². The minimum atomic E-state index is -1.31. The van der Waals surface area contributed by atoms with E-state index in [4.69, 9.17) is 10.2 Å². The summed E-state index contributed by atoms with van der Waals surface area (Å²) in [5, 5.41) is 15.4. The van der Waals surface area contributed by atoms with Crippen LogP contribution in [0.1, 0.15) is 30.9 Å². The molecule has 0 amide bonds. The Balaban J connectivity index is 0.000000224. The van der Waals surface area contributed by atoms with Gasteiger partial charge < -0.3 is 10.2 Å². The molecule has 2 N–H and O–H groups in total. The first-order valence-corrected chi connectivity index (χ1v) is 6.04. The van der Waals surface area contributed by atoms with E-state index in [9.17, 15) is 9.59 Å². The molecule has 0 aliphatic carbocycles. The molecule has 6 nitrogen and oxygen atoms in total. The molecular weight excluding hydrogens is 248 g/mol. The smallest absolute Gasteiger partial charge is 0.314 e. The lowest BCUT2D eigenvalue weighted by Gasteiger charge is -2.18. The van der Waals surface area contributed by atoms with Crippen molar-refractivity contribution in [3.05, 3.63) is 30.1 Å². The zero-order chi connectivity index (χ0) is 14.3. The van der Waals surface area contributed by atoms with E-state index in [1.807, 2.05) is 18.5 Å². The van der Waals surface area contributed by atoms with Gasteiger partial charge in [0.25, 0.3) is 0 Å². The Kier molecular flexibility index (Phi) is 5.95. The maximum atomic E-state index is 9.43. The predicted molar refractivity (Wildman–Crippen MR) is 68.7 cm³/mol. The predicted octanol–water partition coefficient (Wildman–Crippen LogP) is 1.39. The van der Waals surface area contributed by atoms with Gasteiger partial charge in [-0.25, -0.2) is 0 Å². The molecule has 1 fully saturated rings. The summed E-state index contributed by atoms with van der Waals surface area (Å²) < 4.78 is 0. The van der Waals surface area contributed by atoms with Crippen LogP contribution < -0.4 is 0 Å². The van der Waals surface area contributed by atoms with Crippen molar-refractivity contribution in [3.63, 3.8) is 0 Å². The Morgan fingerprint density at radius 1 is 1.42 bits per heavy atom. The van der Waals surface area contributed by atoms with Gasteiger partial charge in [-0.15, -0.1) is 0 Å². The van der Waals surface area contributed by atoms with Crippen LogP contribution in [-0.4, -0.2) is 45.6 Å². The van der Waals surface area contributed by atoms with Crippen LogP contribution in [0.5, 0.6) is 0 Å². The molecule has 19 heavy (non-hydrogen) atoms. The van der Waals surface area contributed by atoms with Crippen LogP contribution in [0.2, 0.25) is 0 Å². The maximum Gasteiger partial charge on any atom is 0.314 e. The number of nitrogens with zero attached hydrogens (tertiary/aromatic N) is 2. The lowest BCUT2D eigenvalue weighted by Crippen LogP contribution is -2.17. The van der Waals surface area contributed by atoms with Crippen molar-refractivity contribution in [1.29, 1.82) is 0 Å². The fourth-order valence-corrected chi connectivity index (χ4v) is 2.03. The van der Waals surface area contributed by atoms with E-state index in [1.165, 1.54) is 24.9 Å². The number of carboxylic acid groups (broad SMARTS) is 2. The third kappa shape index (κ3) is 5.48. The first-order valence-electron chi connectivity index (χ1n) is 6.04. The molecule has 2 rings (SSSR count). The Bertz CT molecular complexity index is 410. The van der Waals surface area contributed by atoms with Crippen LogP contribution in [-0.2, 0) is 9.59 Å². The molecule has 2 heterocycles. The van der Waals surface area contributed by atoms with Gasteiger partial charge in [0.1, 0.15) is 6.42 Å². The van der Waals surface area contributed by atoms with Crippen LogP contribution in [0.25, 0.3) is 0 Å². The summed E-state index contributed by atoms with van der Waals surface area (Å²) in [6, 6.07) is 4.79. The van der Waals surface area contributed by atoms with Crippen LogP contribution in [0.4, 0.5) is 0 Å². The van der Waals surface area contributed by atoms with Crippen molar-refractivity contribution in [2.75, 3.05) is 13.6 Å². The van der Waals surface area contributed by atoms with Gasteiger partial charge in [0.05, 0.1) is 0 Å². The molecule has 104 valence electrons. The van der Waals surface area contributed by atoms with Crippen LogP contribution >= 0.6 is 0 Å². The molecule has 0 unspecified atom stereocenters. The average molecular weight is 266 g/mol. The molecule has 1 aromatic heterocycles. The number of carboxylic acids is 2. The monoisotopic (exact) mass is 266 g/mol. The maximum absolute atomic E-state index is 9.43. The molecule has 1 aromatic rings. The molecular formula is C13H18N2O4. The Labute approximate surface area is 111 Å². The Hall–Kier alpha value is -1.95. The topological polar surface area (TPSA) is 90.7 Å². The van der Waals surface area contributed by atoms with Gasteiger partial charge >= 0.3 is 11.9 Å². The summed E-state index contributed by atoms with van der Waals surface area (Å²) in [5.41, 5.74) is 1.36. The van der Waals surface area contributed by atoms with E-state index in [2.05, 4.69) is 23.0 Å². The lowest BCUT2D eigenvalue weighted by molar-refractivity contribution is -0.147. The molecule has 0 bridgehead atoms. The third-order valence-corrected chi connectivity index (χ3v) is 2.89. The standard InChI is InChI=1S/C10H14N2.C3H4O4/c1-12-7-3-5-10(12)9-4-2-6-11-8-9;4-2(5)1-3(6)7/h2,4,6,8,10H,3,5,7H2,1H3;1H2,(H,4,5)(H,6,7)/t10-;/m0./s1. The average Bonchev–Trinajstić information content (AvgIpc) is 2.75. The van der Waals surface area contributed by atoms with Gasteiger partial charge in [-0.2, -0.15) is 0 Å². The summed E-state index contributed by atoms with van der Waals surface area (Å²) in [7, 11) is 2.19. The normalized spacial score (nSPS) is 18.5.